The van der Waals surface area contributed by atoms with Gasteiger partial charge in [-0.3, -0.25) is 4.79 Å². The fourth-order valence-electron chi connectivity index (χ4n) is 1.73. The molecule has 0 radical (unpaired) electrons. The summed E-state index contributed by atoms with van der Waals surface area (Å²) in [6.45, 7) is 5.34. The summed E-state index contributed by atoms with van der Waals surface area (Å²) in [6, 6.07) is 0. The first kappa shape index (κ1) is 12.7. The molecule has 0 aliphatic heterocycles. The molecule has 2 rings (SSSR count). The number of rotatable bonds is 5. The van der Waals surface area contributed by atoms with Crippen molar-refractivity contribution >= 4 is 22.8 Å². The highest BCUT2D eigenvalue weighted by molar-refractivity contribution is 7.07. The average Bonchev–Trinajstić information content (AvgIpc) is 2.84. The third-order valence-electron chi connectivity index (χ3n) is 2.63. The molecule has 0 aromatic carbocycles. The van der Waals surface area contributed by atoms with Crippen LogP contribution in [0.2, 0.25) is 0 Å². The second-order valence-electron chi connectivity index (χ2n) is 4.10. The van der Waals surface area contributed by atoms with Crippen molar-refractivity contribution in [1.82, 2.24) is 14.8 Å². The predicted molar refractivity (Wildman–Crippen MR) is 73.9 cm³/mol. The van der Waals surface area contributed by atoms with Gasteiger partial charge in [0, 0.05) is 17.6 Å². The Kier molecular flexibility index (Phi) is 3.71. The van der Waals surface area contributed by atoms with Gasteiger partial charge in [-0.2, -0.15) is 5.10 Å². The van der Waals surface area contributed by atoms with E-state index in [1.54, 1.807) is 5.38 Å². The number of hydrogen-bond donors (Lipinski definition) is 3. The molecule has 0 aliphatic carbocycles. The topological polar surface area (TPSA) is 88.7 Å². The minimum atomic E-state index is -0.0435. The van der Waals surface area contributed by atoms with Crippen LogP contribution in [0.15, 0.2) is 10.2 Å². The van der Waals surface area contributed by atoms with Crippen molar-refractivity contribution in [3.63, 3.8) is 0 Å². The van der Waals surface area contributed by atoms with Gasteiger partial charge in [-0.25, -0.2) is 4.68 Å². The summed E-state index contributed by atoms with van der Waals surface area (Å²) in [5.74, 6) is 0.821. The van der Waals surface area contributed by atoms with Crippen LogP contribution in [-0.2, 0) is 13.1 Å². The Morgan fingerprint density at radius 3 is 3.00 bits per heavy atom. The van der Waals surface area contributed by atoms with Gasteiger partial charge in [0.15, 0.2) is 0 Å². The van der Waals surface area contributed by atoms with Crippen molar-refractivity contribution < 1.29 is 0 Å². The first-order valence-electron chi connectivity index (χ1n) is 5.85. The van der Waals surface area contributed by atoms with Gasteiger partial charge in [-0.15, -0.1) is 0 Å². The number of aromatic amines is 1. The third-order valence-corrected chi connectivity index (χ3v) is 3.34. The van der Waals surface area contributed by atoms with Gasteiger partial charge in [0.25, 0.3) is 0 Å². The molecule has 0 unspecified atom stereocenters. The van der Waals surface area contributed by atoms with Crippen LogP contribution >= 0.6 is 11.3 Å². The number of nitrogens with zero attached hydrogens (tertiary/aromatic N) is 2. The molecule has 0 saturated carbocycles. The zero-order valence-corrected chi connectivity index (χ0v) is 11.3. The molecule has 2 aromatic heterocycles. The van der Waals surface area contributed by atoms with Gasteiger partial charge >= 0.3 is 4.87 Å². The summed E-state index contributed by atoms with van der Waals surface area (Å²) in [4.78, 5) is 13.7. The van der Waals surface area contributed by atoms with Crippen LogP contribution in [0.1, 0.15) is 24.7 Å². The number of thiazole rings is 1. The maximum absolute atomic E-state index is 11.0. The SMILES string of the molecule is CCCn1nc(C)c(N)c1NCc1csc(=O)[nH]1. The molecule has 0 saturated heterocycles. The second-order valence-corrected chi connectivity index (χ2v) is 4.94. The second kappa shape index (κ2) is 5.26. The van der Waals surface area contributed by atoms with Crippen LogP contribution in [0.3, 0.4) is 0 Å². The molecule has 98 valence electrons. The highest BCUT2D eigenvalue weighted by Crippen LogP contribution is 2.22. The van der Waals surface area contributed by atoms with Gasteiger partial charge in [-0.1, -0.05) is 18.3 Å². The standard InChI is InChI=1S/C11H17N5OS/c1-3-4-16-10(9(12)7(2)15-16)13-5-8-6-18-11(17)14-8/h6,13H,3-5,12H2,1-2H3,(H,14,17). The van der Waals surface area contributed by atoms with Gasteiger partial charge in [-0.05, 0) is 13.3 Å². The van der Waals surface area contributed by atoms with Crippen LogP contribution in [0.25, 0.3) is 0 Å². The number of aromatic nitrogens is 3. The number of hydrogen-bond acceptors (Lipinski definition) is 5. The number of aryl methyl sites for hydroxylation is 2. The van der Waals surface area contributed by atoms with Crippen molar-refractivity contribution in [2.75, 3.05) is 11.1 Å². The van der Waals surface area contributed by atoms with E-state index in [9.17, 15) is 4.79 Å². The lowest BCUT2D eigenvalue weighted by Gasteiger charge is -2.08. The van der Waals surface area contributed by atoms with Crippen molar-refractivity contribution in [2.24, 2.45) is 0 Å². The van der Waals surface area contributed by atoms with Gasteiger partial charge < -0.3 is 16.0 Å². The lowest BCUT2D eigenvalue weighted by molar-refractivity contribution is 0.602. The van der Waals surface area contributed by atoms with Crippen molar-refractivity contribution in [1.29, 1.82) is 0 Å². The smallest absolute Gasteiger partial charge is 0.304 e. The molecule has 2 heterocycles. The molecule has 2 aromatic rings. The lowest BCUT2D eigenvalue weighted by atomic mass is 10.3. The summed E-state index contributed by atoms with van der Waals surface area (Å²) < 4.78 is 1.87. The Hall–Kier alpha value is -1.76. The van der Waals surface area contributed by atoms with E-state index in [-0.39, 0.29) is 4.87 Å². The van der Waals surface area contributed by atoms with Crippen LogP contribution in [0, 0.1) is 6.92 Å². The molecule has 0 amide bonds. The van der Waals surface area contributed by atoms with Gasteiger partial charge in [0.05, 0.1) is 17.9 Å². The molecular weight excluding hydrogens is 250 g/mol. The van der Waals surface area contributed by atoms with Crippen molar-refractivity contribution in [2.45, 2.75) is 33.4 Å². The molecule has 6 nitrogen and oxygen atoms in total. The van der Waals surface area contributed by atoms with Crippen LogP contribution in [-0.4, -0.2) is 14.8 Å². The third kappa shape index (κ3) is 2.56. The van der Waals surface area contributed by atoms with E-state index in [1.165, 1.54) is 0 Å². The van der Waals surface area contributed by atoms with E-state index in [1.807, 2.05) is 11.6 Å². The Labute approximate surface area is 109 Å². The maximum atomic E-state index is 11.0. The largest absolute Gasteiger partial charge is 0.394 e. The lowest BCUT2D eigenvalue weighted by Crippen LogP contribution is -2.10. The van der Waals surface area contributed by atoms with Gasteiger partial charge in [0.1, 0.15) is 5.82 Å². The summed E-state index contributed by atoms with van der Waals surface area (Å²) in [5.41, 5.74) is 8.33. The Bertz CT molecular complexity index is 583. The normalized spacial score (nSPS) is 10.8. The fraction of sp³-hybridized carbons (Fsp3) is 0.455. The van der Waals surface area contributed by atoms with Crippen LogP contribution in [0.5, 0.6) is 0 Å². The molecule has 18 heavy (non-hydrogen) atoms. The molecule has 0 atom stereocenters. The summed E-state index contributed by atoms with van der Waals surface area (Å²) in [6.07, 6.45) is 0.991. The Balaban J connectivity index is 2.15. The monoisotopic (exact) mass is 267 g/mol. The summed E-state index contributed by atoms with van der Waals surface area (Å²) in [5, 5.41) is 9.41. The Morgan fingerprint density at radius 1 is 1.61 bits per heavy atom. The quantitative estimate of drug-likeness (QED) is 0.766. The van der Waals surface area contributed by atoms with Crippen LogP contribution < -0.4 is 15.9 Å². The van der Waals surface area contributed by atoms with E-state index >= 15 is 0 Å². The maximum Gasteiger partial charge on any atom is 0.304 e. The Morgan fingerprint density at radius 2 is 2.39 bits per heavy atom. The molecule has 7 heteroatoms. The summed E-state index contributed by atoms with van der Waals surface area (Å²) in [7, 11) is 0. The molecule has 0 aliphatic rings. The zero-order chi connectivity index (χ0) is 13.1. The minimum Gasteiger partial charge on any atom is -0.394 e. The van der Waals surface area contributed by atoms with E-state index in [0.717, 1.165) is 41.5 Å². The summed E-state index contributed by atoms with van der Waals surface area (Å²) >= 11 is 1.16. The van der Waals surface area contributed by atoms with Crippen molar-refractivity contribution in [3.05, 3.63) is 26.4 Å². The number of nitrogen functional groups attached to an aromatic ring is 1. The molecular formula is C11H17N5OS. The first-order valence-corrected chi connectivity index (χ1v) is 6.73. The van der Waals surface area contributed by atoms with E-state index in [2.05, 4.69) is 22.3 Å². The number of nitrogens with two attached hydrogens (primary N) is 1. The molecule has 0 spiro atoms. The zero-order valence-electron chi connectivity index (χ0n) is 10.5. The van der Waals surface area contributed by atoms with E-state index < -0.39 is 0 Å². The number of anilines is 2. The number of nitrogens with one attached hydrogen (secondary N) is 2. The van der Waals surface area contributed by atoms with E-state index in [4.69, 9.17) is 5.73 Å². The van der Waals surface area contributed by atoms with Gasteiger partial charge in [0.2, 0.25) is 0 Å². The first-order chi connectivity index (χ1) is 8.61. The van der Waals surface area contributed by atoms with E-state index in [0.29, 0.717) is 12.2 Å². The molecule has 0 bridgehead atoms. The van der Waals surface area contributed by atoms with Crippen LogP contribution in [0.4, 0.5) is 11.5 Å². The molecule has 0 fully saturated rings. The fourth-order valence-corrected chi connectivity index (χ4v) is 2.32. The molecule has 4 N–H and O–H groups in total. The van der Waals surface area contributed by atoms with Crippen molar-refractivity contribution in [3.8, 4) is 0 Å². The predicted octanol–water partition coefficient (Wildman–Crippen LogP) is 1.55. The highest BCUT2D eigenvalue weighted by atomic mass is 32.1. The number of H-pyrrole nitrogens is 1. The highest BCUT2D eigenvalue weighted by Gasteiger charge is 2.11. The average molecular weight is 267 g/mol. The minimum absolute atomic E-state index is 0.0435.